The third-order valence-corrected chi connectivity index (χ3v) is 4.65. The van der Waals surface area contributed by atoms with Gasteiger partial charge in [-0.1, -0.05) is 40.0 Å². The first-order chi connectivity index (χ1) is 7.81. The molecule has 0 amide bonds. The molecule has 2 aliphatic rings. The fourth-order valence-corrected chi connectivity index (χ4v) is 3.93. The average Bonchev–Trinajstić information content (AvgIpc) is 2.82. The van der Waals surface area contributed by atoms with Gasteiger partial charge in [-0.15, -0.1) is 0 Å². The Balaban J connectivity index is 0.000000606. The molecule has 96 valence electrons. The van der Waals surface area contributed by atoms with Crippen molar-refractivity contribution in [3.8, 4) is 0 Å². The Kier molecular flexibility index (Phi) is 6.73. The minimum absolute atomic E-state index is 0.473. The Morgan fingerprint density at radius 3 is 2.69 bits per heavy atom. The molecule has 4 unspecified atom stereocenters. The Hall–Kier alpha value is 0.230. The quantitative estimate of drug-likeness (QED) is 0.663. The molecule has 2 rings (SSSR count). The number of unbranched alkanes of at least 4 members (excludes halogenated alkanes) is 2. The summed E-state index contributed by atoms with van der Waals surface area (Å²) in [5.41, 5.74) is 0. The number of rotatable bonds is 4. The Morgan fingerprint density at radius 2 is 2.00 bits per heavy atom. The molecule has 2 heterocycles. The van der Waals surface area contributed by atoms with E-state index in [1.54, 1.807) is 0 Å². The van der Waals surface area contributed by atoms with Crippen LogP contribution in [0.25, 0.3) is 0 Å². The lowest BCUT2D eigenvalue weighted by Gasteiger charge is -2.17. The van der Waals surface area contributed by atoms with Gasteiger partial charge in [-0.2, -0.15) is 11.8 Å². The first kappa shape index (κ1) is 14.3. The summed E-state index contributed by atoms with van der Waals surface area (Å²) in [6.07, 6.45) is 4.78. The Morgan fingerprint density at radius 1 is 1.25 bits per heavy atom. The van der Waals surface area contributed by atoms with Crippen molar-refractivity contribution < 1.29 is 5.11 Å². The molecule has 0 radical (unpaired) electrons. The van der Waals surface area contributed by atoms with Gasteiger partial charge in [-0.05, 0) is 6.42 Å². The van der Waals surface area contributed by atoms with Crippen molar-refractivity contribution in [1.82, 2.24) is 10.6 Å². The molecule has 2 saturated heterocycles. The van der Waals surface area contributed by atoms with Crippen LogP contribution in [0.3, 0.4) is 0 Å². The highest BCUT2D eigenvalue weighted by atomic mass is 32.2. The lowest BCUT2D eigenvalue weighted by molar-refractivity contribution is 0.130. The molecule has 3 nitrogen and oxygen atoms in total. The number of hydrogen-bond acceptors (Lipinski definition) is 4. The van der Waals surface area contributed by atoms with E-state index in [0.29, 0.717) is 17.3 Å². The zero-order valence-corrected chi connectivity index (χ0v) is 11.5. The zero-order valence-electron chi connectivity index (χ0n) is 10.7. The second-order valence-corrected chi connectivity index (χ2v) is 5.51. The van der Waals surface area contributed by atoms with Crippen LogP contribution < -0.4 is 10.6 Å². The lowest BCUT2D eigenvalue weighted by atomic mass is 10.0. The maximum absolute atomic E-state index is 9.39. The van der Waals surface area contributed by atoms with Gasteiger partial charge < -0.3 is 5.11 Å². The average molecular weight is 246 g/mol. The van der Waals surface area contributed by atoms with Gasteiger partial charge in [0.2, 0.25) is 0 Å². The third kappa shape index (κ3) is 3.62. The molecule has 0 aliphatic carbocycles. The van der Waals surface area contributed by atoms with Gasteiger partial charge in [0.05, 0.1) is 0 Å². The van der Waals surface area contributed by atoms with Crippen molar-refractivity contribution in [1.29, 1.82) is 0 Å². The van der Waals surface area contributed by atoms with Crippen molar-refractivity contribution >= 4 is 11.8 Å². The fraction of sp³-hybridized carbons (Fsp3) is 1.00. The predicted octanol–water partition coefficient (Wildman–Crippen LogP) is 1.91. The Labute approximate surface area is 104 Å². The number of nitrogens with one attached hydrogen (secondary N) is 2. The number of aliphatic hydroxyl groups is 1. The summed E-state index contributed by atoms with van der Waals surface area (Å²) in [4.78, 5) is 0. The van der Waals surface area contributed by atoms with Crippen LogP contribution in [0.1, 0.15) is 46.5 Å². The van der Waals surface area contributed by atoms with Crippen LogP contribution >= 0.6 is 11.8 Å². The van der Waals surface area contributed by atoms with E-state index in [2.05, 4.69) is 29.3 Å². The van der Waals surface area contributed by atoms with Crippen LogP contribution in [0.15, 0.2) is 0 Å². The molecule has 4 heteroatoms. The van der Waals surface area contributed by atoms with Gasteiger partial charge in [0, 0.05) is 23.1 Å². The van der Waals surface area contributed by atoms with E-state index in [-0.39, 0.29) is 0 Å². The first-order valence-electron chi connectivity index (χ1n) is 6.63. The number of hydrogen-bond donors (Lipinski definition) is 3. The van der Waals surface area contributed by atoms with E-state index in [9.17, 15) is 5.11 Å². The summed E-state index contributed by atoms with van der Waals surface area (Å²) < 4.78 is 0. The van der Waals surface area contributed by atoms with E-state index >= 15 is 0 Å². The van der Waals surface area contributed by atoms with Crippen LogP contribution in [-0.2, 0) is 0 Å². The largest absolute Gasteiger partial charge is 0.365 e. The zero-order chi connectivity index (χ0) is 12.0. The summed E-state index contributed by atoms with van der Waals surface area (Å²) in [5, 5.41) is 16.5. The lowest BCUT2D eigenvalue weighted by Crippen LogP contribution is -2.37. The monoisotopic (exact) mass is 246 g/mol. The van der Waals surface area contributed by atoms with Crippen LogP contribution in [0.2, 0.25) is 0 Å². The van der Waals surface area contributed by atoms with Gasteiger partial charge >= 0.3 is 0 Å². The molecule has 2 fully saturated rings. The second kappa shape index (κ2) is 7.54. The number of thioether (sulfide) groups is 1. The molecule has 0 saturated carbocycles. The molecular weight excluding hydrogens is 220 g/mol. The molecule has 4 atom stereocenters. The summed E-state index contributed by atoms with van der Waals surface area (Å²) in [6, 6.07) is 0.980. The molecule has 2 aliphatic heterocycles. The second-order valence-electron chi connectivity index (χ2n) is 4.24. The topological polar surface area (TPSA) is 44.3 Å². The molecule has 3 N–H and O–H groups in total. The van der Waals surface area contributed by atoms with Crippen molar-refractivity contribution in [2.24, 2.45) is 0 Å². The molecule has 0 bridgehead atoms. The van der Waals surface area contributed by atoms with E-state index in [4.69, 9.17) is 0 Å². The van der Waals surface area contributed by atoms with E-state index in [1.807, 2.05) is 13.8 Å². The minimum Gasteiger partial charge on any atom is -0.365 e. The molecule has 16 heavy (non-hydrogen) atoms. The highest BCUT2D eigenvalue weighted by Crippen LogP contribution is 2.33. The standard InChI is InChI=1S/C10H20N2OS.C2H6/c1-2-3-4-5-8-9-7(6-14-8)11-10(13)12-9;1-2/h7-13H,2-6H2,1H3;1-2H3. The van der Waals surface area contributed by atoms with Crippen LogP contribution in [0.4, 0.5) is 0 Å². The molecule has 0 aromatic rings. The van der Waals surface area contributed by atoms with Gasteiger partial charge in [-0.25, -0.2) is 0 Å². The Bertz CT molecular complexity index is 192. The van der Waals surface area contributed by atoms with E-state index in [1.165, 1.54) is 25.7 Å². The molecule has 0 aromatic carbocycles. The summed E-state index contributed by atoms with van der Waals surface area (Å²) in [6.45, 7) is 6.24. The van der Waals surface area contributed by atoms with Crippen LogP contribution in [0.5, 0.6) is 0 Å². The van der Waals surface area contributed by atoms with Crippen LogP contribution in [-0.4, -0.2) is 34.5 Å². The summed E-state index contributed by atoms with van der Waals surface area (Å²) >= 11 is 2.05. The summed E-state index contributed by atoms with van der Waals surface area (Å²) in [5.74, 6) is 1.14. The molecular formula is C12H26N2OS. The van der Waals surface area contributed by atoms with Crippen molar-refractivity contribution in [3.05, 3.63) is 0 Å². The van der Waals surface area contributed by atoms with Gasteiger partial charge in [-0.3, -0.25) is 10.6 Å². The van der Waals surface area contributed by atoms with Crippen molar-refractivity contribution in [2.45, 2.75) is 70.1 Å². The first-order valence-corrected chi connectivity index (χ1v) is 7.68. The summed E-state index contributed by atoms with van der Waals surface area (Å²) in [7, 11) is 0. The minimum atomic E-state index is -0.473. The van der Waals surface area contributed by atoms with E-state index < -0.39 is 6.35 Å². The smallest absolute Gasteiger partial charge is 0.161 e. The SMILES string of the molecule is CC.CCCCCC1SCC2NC(O)NC21. The molecule has 0 aromatic heterocycles. The molecule has 0 spiro atoms. The fourth-order valence-electron chi connectivity index (χ4n) is 2.36. The highest BCUT2D eigenvalue weighted by Gasteiger charge is 2.42. The number of fused-ring (bicyclic) bond motifs is 1. The predicted molar refractivity (Wildman–Crippen MR) is 71.6 cm³/mol. The maximum Gasteiger partial charge on any atom is 0.161 e. The van der Waals surface area contributed by atoms with Gasteiger partial charge in [0.25, 0.3) is 0 Å². The maximum atomic E-state index is 9.39. The van der Waals surface area contributed by atoms with Crippen molar-refractivity contribution in [2.75, 3.05) is 5.75 Å². The normalized spacial score (nSPS) is 36.8. The van der Waals surface area contributed by atoms with E-state index in [0.717, 1.165) is 5.75 Å². The highest BCUT2D eigenvalue weighted by molar-refractivity contribution is 8.00. The number of aliphatic hydroxyl groups excluding tert-OH is 1. The van der Waals surface area contributed by atoms with Crippen LogP contribution in [0, 0.1) is 0 Å². The third-order valence-electron chi connectivity index (χ3n) is 3.14. The van der Waals surface area contributed by atoms with Gasteiger partial charge in [0.1, 0.15) is 0 Å². The van der Waals surface area contributed by atoms with Gasteiger partial charge in [0.15, 0.2) is 6.35 Å². The van der Waals surface area contributed by atoms with Crippen molar-refractivity contribution in [3.63, 3.8) is 0 Å².